The van der Waals surface area contributed by atoms with Crippen molar-refractivity contribution in [3.63, 3.8) is 0 Å². The summed E-state index contributed by atoms with van der Waals surface area (Å²) >= 11 is 1.86. The molecule has 8 aromatic rings. The summed E-state index contributed by atoms with van der Waals surface area (Å²) in [6, 6.07) is 52.8. The Morgan fingerprint density at radius 1 is 0.556 bits per heavy atom. The van der Waals surface area contributed by atoms with Gasteiger partial charge in [0.05, 0.1) is 17.1 Å². The maximum absolute atomic E-state index is 3.89. The fourth-order valence-corrected chi connectivity index (χ4v) is 8.09. The number of hydrogen-bond donors (Lipinski definition) is 1. The average Bonchev–Trinajstić information content (AvgIpc) is 3.64. The Hall–Kier alpha value is -5.38. The molecular formula is C42H30N2S. The van der Waals surface area contributed by atoms with Gasteiger partial charge in [0.25, 0.3) is 0 Å². The lowest BCUT2D eigenvalue weighted by Gasteiger charge is -2.29. The lowest BCUT2D eigenvalue weighted by molar-refractivity contribution is 0.759. The van der Waals surface area contributed by atoms with Crippen molar-refractivity contribution in [3.05, 3.63) is 175 Å². The zero-order valence-corrected chi connectivity index (χ0v) is 25.4. The maximum Gasteiger partial charge on any atom is 0.0551 e. The molecular weight excluding hydrogens is 565 g/mol. The summed E-state index contributed by atoms with van der Waals surface area (Å²) < 4.78 is 5.03. The van der Waals surface area contributed by atoms with Crippen LogP contribution in [-0.4, -0.2) is 10.6 Å². The average molecular weight is 595 g/mol. The van der Waals surface area contributed by atoms with Gasteiger partial charge in [-0.3, -0.25) is 0 Å². The Labute approximate surface area is 266 Å². The predicted octanol–water partition coefficient (Wildman–Crippen LogP) is 11.4. The third kappa shape index (κ3) is 4.47. The molecule has 2 aromatic heterocycles. The van der Waals surface area contributed by atoms with E-state index in [1.165, 1.54) is 64.4 Å². The molecule has 0 bridgehead atoms. The molecule has 1 aliphatic carbocycles. The van der Waals surface area contributed by atoms with Gasteiger partial charge in [-0.25, -0.2) is 0 Å². The highest BCUT2D eigenvalue weighted by Crippen LogP contribution is 2.39. The molecule has 0 amide bonds. The maximum atomic E-state index is 3.89. The summed E-state index contributed by atoms with van der Waals surface area (Å²) in [6.45, 7) is 0. The molecule has 45 heavy (non-hydrogen) atoms. The molecule has 0 saturated carbocycles. The van der Waals surface area contributed by atoms with Gasteiger partial charge >= 0.3 is 0 Å². The van der Waals surface area contributed by atoms with Gasteiger partial charge in [0, 0.05) is 48.2 Å². The van der Waals surface area contributed by atoms with Gasteiger partial charge in [-0.2, -0.15) is 0 Å². The van der Waals surface area contributed by atoms with Crippen LogP contribution in [0.3, 0.4) is 0 Å². The Morgan fingerprint density at radius 3 is 2.13 bits per heavy atom. The van der Waals surface area contributed by atoms with Crippen LogP contribution in [0.15, 0.2) is 164 Å². The van der Waals surface area contributed by atoms with E-state index in [0.29, 0.717) is 0 Å². The van der Waals surface area contributed by atoms with Gasteiger partial charge in [0.2, 0.25) is 0 Å². The SMILES string of the molecule is C1=CC(Nc2ccc3sc4ccccc4c3c2)C(c2ccccc2)C=C1c1ccc2c(c1)c1ccccc1n2-c1ccccc1. The molecule has 214 valence electrons. The van der Waals surface area contributed by atoms with Crippen molar-refractivity contribution in [2.45, 2.75) is 12.0 Å². The van der Waals surface area contributed by atoms with Crippen LogP contribution < -0.4 is 5.32 Å². The summed E-state index contributed by atoms with van der Waals surface area (Å²) in [4.78, 5) is 0. The number of anilines is 1. The number of benzene rings is 6. The van der Waals surface area contributed by atoms with E-state index in [0.717, 1.165) is 5.69 Å². The molecule has 3 heteroatoms. The second-order valence-electron chi connectivity index (χ2n) is 11.8. The number of aromatic nitrogens is 1. The Bertz CT molecular complexity index is 2410. The van der Waals surface area contributed by atoms with Crippen molar-refractivity contribution in [3.8, 4) is 5.69 Å². The summed E-state index contributed by atoms with van der Waals surface area (Å²) in [6.07, 6.45) is 7.09. The van der Waals surface area contributed by atoms with Gasteiger partial charge in [-0.05, 0) is 71.3 Å². The van der Waals surface area contributed by atoms with Crippen molar-refractivity contribution in [2.24, 2.45) is 0 Å². The minimum atomic E-state index is 0.127. The zero-order valence-electron chi connectivity index (χ0n) is 24.6. The van der Waals surface area contributed by atoms with E-state index < -0.39 is 0 Å². The number of nitrogens with one attached hydrogen (secondary N) is 1. The fraction of sp³-hybridized carbons (Fsp3) is 0.0476. The zero-order chi connectivity index (χ0) is 29.7. The number of thiophene rings is 1. The van der Waals surface area contributed by atoms with Gasteiger partial charge in [-0.15, -0.1) is 11.3 Å². The first-order chi connectivity index (χ1) is 22.3. The molecule has 9 rings (SSSR count). The van der Waals surface area contributed by atoms with Crippen LogP contribution in [0.25, 0.3) is 53.2 Å². The van der Waals surface area contributed by atoms with E-state index in [2.05, 4.69) is 174 Å². The Kier molecular flexibility index (Phi) is 6.17. The number of para-hydroxylation sites is 2. The summed E-state index contributed by atoms with van der Waals surface area (Å²) in [5, 5.41) is 9.08. The molecule has 0 fully saturated rings. The summed E-state index contributed by atoms with van der Waals surface area (Å²) in [7, 11) is 0. The summed E-state index contributed by atoms with van der Waals surface area (Å²) in [5.41, 5.74) is 8.57. The number of rotatable bonds is 5. The largest absolute Gasteiger partial charge is 0.378 e. The topological polar surface area (TPSA) is 17.0 Å². The van der Waals surface area contributed by atoms with Crippen LogP contribution in [0.5, 0.6) is 0 Å². The van der Waals surface area contributed by atoms with Gasteiger partial charge in [0.1, 0.15) is 0 Å². The van der Waals surface area contributed by atoms with Crippen LogP contribution >= 0.6 is 11.3 Å². The van der Waals surface area contributed by atoms with E-state index in [-0.39, 0.29) is 12.0 Å². The highest BCUT2D eigenvalue weighted by Gasteiger charge is 2.24. The highest BCUT2D eigenvalue weighted by molar-refractivity contribution is 7.25. The predicted molar refractivity (Wildman–Crippen MR) is 194 cm³/mol. The fourth-order valence-electron chi connectivity index (χ4n) is 7.00. The Balaban J connectivity index is 1.12. The minimum Gasteiger partial charge on any atom is -0.378 e. The third-order valence-corrected chi connectivity index (χ3v) is 10.3. The Morgan fingerprint density at radius 2 is 1.27 bits per heavy atom. The molecule has 6 aromatic carbocycles. The van der Waals surface area contributed by atoms with E-state index in [1.54, 1.807) is 0 Å². The molecule has 0 aliphatic heterocycles. The first kappa shape index (κ1) is 26.1. The molecule has 2 unspecified atom stereocenters. The minimum absolute atomic E-state index is 0.127. The van der Waals surface area contributed by atoms with Crippen molar-refractivity contribution in [1.82, 2.24) is 4.57 Å². The lowest BCUT2D eigenvalue weighted by atomic mass is 9.83. The van der Waals surface area contributed by atoms with Crippen LogP contribution in [0, 0.1) is 0 Å². The van der Waals surface area contributed by atoms with Crippen molar-refractivity contribution in [2.75, 3.05) is 5.32 Å². The van der Waals surface area contributed by atoms with Crippen molar-refractivity contribution in [1.29, 1.82) is 0 Å². The lowest BCUT2D eigenvalue weighted by Crippen LogP contribution is -2.26. The van der Waals surface area contributed by atoms with Crippen LogP contribution in [0.2, 0.25) is 0 Å². The highest BCUT2D eigenvalue weighted by atomic mass is 32.1. The normalized spacial score (nSPS) is 16.5. The second-order valence-corrected chi connectivity index (χ2v) is 12.9. The van der Waals surface area contributed by atoms with Gasteiger partial charge in [0.15, 0.2) is 0 Å². The van der Waals surface area contributed by atoms with Crippen LogP contribution in [0.4, 0.5) is 5.69 Å². The monoisotopic (exact) mass is 594 g/mol. The number of fused-ring (bicyclic) bond motifs is 6. The van der Waals surface area contributed by atoms with E-state index in [4.69, 9.17) is 0 Å². The molecule has 2 nitrogen and oxygen atoms in total. The molecule has 2 heterocycles. The van der Waals surface area contributed by atoms with E-state index >= 15 is 0 Å². The molecule has 1 N–H and O–H groups in total. The standard InChI is InChI=1S/C42H30N2S/c1-3-11-28(12-4-1)35-25-29(19-22-38(35)43-31-21-24-42-37(27-31)34-16-8-10-18-41(34)45-42)30-20-23-40-36(26-30)33-15-7-9-17-39(33)44(40)32-13-5-2-6-14-32/h1-27,35,38,43H. The van der Waals surface area contributed by atoms with Crippen LogP contribution in [0.1, 0.15) is 17.0 Å². The third-order valence-electron chi connectivity index (χ3n) is 9.14. The van der Waals surface area contributed by atoms with Gasteiger partial charge in [-0.1, -0.05) is 109 Å². The van der Waals surface area contributed by atoms with Crippen molar-refractivity contribution < 1.29 is 0 Å². The summed E-state index contributed by atoms with van der Waals surface area (Å²) in [5.74, 6) is 0.183. The molecule has 0 spiro atoms. The number of nitrogens with zero attached hydrogens (tertiary/aromatic N) is 1. The van der Waals surface area contributed by atoms with Gasteiger partial charge < -0.3 is 9.88 Å². The molecule has 2 atom stereocenters. The first-order valence-corrected chi connectivity index (χ1v) is 16.3. The number of hydrogen-bond acceptors (Lipinski definition) is 2. The molecule has 0 saturated heterocycles. The first-order valence-electron chi connectivity index (χ1n) is 15.5. The smallest absolute Gasteiger partial charge is 0.0551 e. The number of allylic oxidation sites excluding steroid dienone is 2. The molecule has 0 radical (unpaired) electrons. The quantitative estimate of drug-likeness (QED) is 0.210. The van der Waals surface area contributed by atoms with E-state index in [1.807, 2.05) is 11.3 Å². The van der Waals surface area contributed by atoms with Crippen LogP contribution in [-0.2, 0) is 0 Å². The van der Waals surface area contributed by atoms with E-state index in [9.17, 15) is 0 Å². The second kappa shape index (κ2) is 10.7. The van der Waals surface area contributed by atoms with Crippen molar-refractivity contribution >= 4 is 64.6 Å². The molecule has 1 aliphatic rings.